The molecule has 0 spiro atoms. The Morgan fingerprint density at radius 2 is 2.12 bits per heavy atom. The van der Waals surface area contributed by atoms with E-state index in [4.69, 9.17) is 16.3 Å². The van der Waals surface area contributed by atoms with Gasteiger partial charge in [-0.3, -0.25) is 0 Å². The maximum Gasteiger partial charge on any atom is 0.410 e. The fourth-order valence-electron chi connectivity index (χ4n) is 2.40. The summed E-state index contributed by atoms with van der Waals surface area (Å²) in [4.78, 5) is 13.8. The third kappa shape index (κ3) is 6.11. The molecule has 1 aromatic rings. The van der Waals surface area contributed by atoms with Crippen molar-refractivity contribution < 1.29 is 9.53 Å². The van der Waals surface area contributed by atoms with Crippen molar-refractivity contribution in [1.29, 1.82) is 0 Å². The topological polar surface area (TPSA) is 41.6 Å². The smallest absolute Gasteiger partial charge is 0.410 e. The fraction of sp³-hybridized carbons (Fsp3) is 0.500. The Morgan fingerprint density at radius 1 is 1.38 bits per heavy atom. The first-order valence-electron chi connectivity index (χ1n) is 8.05. The zero-order valence-electron chi connectivity index (χ0n) is 14.4. The zero-order chi connectivity index (χ0) is 17.7. The highest BCUT2D eigenvalue weighted by Crippen LogP contribution is 2.21. The standard InChI is InChI=1S/C18H24BrClN2O2/c1-18(2,3)24-17(23)22-8-6-13(7-9-22)11-21-12-14-10-15(20)4-5-16(14)19/h4-6,10,21H,7-9,11-12H2,1-3H3. The highest BCUT2D eigenvalue weighted by molar-refractivity contribution is 9.10. The van der Waals surface area contributed by atoms with Gasteiger partial charge in [-0.2, -0.15) is 0 Å². The molecule has 2 rings (SSSR count). The minimum Gasteiger partial charge on any atom is -0.444 e. The molecule has 6 heteroatoms. The summed E-state index contributed by atoms with van der Waals surface area (Å²) in [7, 11) is 0. The molecule has 1 amide bonds. The van der Waals surface area contributed by atoms with Crippen molar-refractivity contribution in [3.8, 4) is 0 Å². The van der Waals surface area contributed by atoms with E-state index in [9.17, 15) is 4.79 Å². The molecule has 4 nitrogen and oxygen atoms in total. The molecule has 0 unspecified atom stereocenters. The van der Waals surface area contributed by atoms with Crippen LogP contribution in [0.2, 0.25) is 5.02 Å². The minimum atomic E-state index is -0.451. The van der Waals surface area contributed by atoms with E-state index in [0.29, 0.717) is 13.1 Å². The van der Waals surface area contributed by atoms with E-state index in [1.165, 1.54) is 5.57 Å². The molecule has 0 aromatic heterocycles. The summed E-state index contributed by atoms with van der Waals surface area (Å²) in [6.45, 7) is 8.50. The number of benzene rings is 1. The highest BCUT2D eigenvalue weighted by atomic mass is 79.9. The van der Waals surface area contributed by atoms with Crippen LogP contribution in [0, 0.1) is 0 Å². The quantitative estimate of drug-likeness (QED) is 0.721. The van der Waals surface area contributed by atoms with Crippen LogP contribution in [-0.4, -0.2) is 36.2 Å². The predicted octanol–water partition coefficient (Wildman–Crippen LogP) is 4.76. The molecule has 0 aliphatic carbocycles. The van der Waals surface area contributed by atoms with E-state index in [1.54, 1.807) is 4.90 Å². The van der Waals surface area contributed by atoms with Crippen molar-refractivity contribution in [1.82, 2.24) is 10.2 Å². The number of rotatable bonds is 4. The van der Waals surface area contributed by atoms with Crippen LogP contribution >= 0.6 is 27.5 Å². The largest absolute Gasteiger partial charge is 0.444 e. The molecule has 0 saturated carbocycles. The van der Waals surface area contributed by atoms with Gasteiger partial charge in [-0.15, -0.1) is 0 Å². The molecule has 0 fully saturated rings. The third-order valence-corrected chi connectivity index (χ3v) is 4.64. The molecular formula is C18H24BrClN2O2. The van der Waals surface area contributed by atoms with Crippen molar-refractivity contribution in [3.63, 3.8) is 0 Å². The number of hydrogen-bond acceptors (Lipinski definition) is 3. The summed E-state index contributed by atoms with van der Waals surface area (Å²) in [5, 5.41) is 4.17. The van der Waals surface area contributed by atoms with Crippen LogP contribution in [0.5, 0.6) is 0 Å². The van der Waals surface area contributed by atoms with E-state index < -0.39 is 5.60 Å². The Morgan fingerprint density at radius 3 is 2.75 bits per heavy atom. The molecule has 1 aliphatic rings. The molecule has 1 N–H and O–H groups in total. The van der Waals surface area contributed by atoms with Crippen LogP contribution in [0.25, 0.3) is 0 Å². The van der Waals surface area contributed by atoms with Gasteiger partial charge in [0.05, 0.1) is 0 Å². The average Bonchev–Trinajstić information content (AvgIpc) is 2.49. The van der Waals surface area contributed by atoms with Crippen molar-refractivity contribution in [3.05, 3.63) is 44.9 Å². The Labute approximate surface area is 157 Å². The number of hydrogen-bond donors (Lipinski definition) is 1. The maximum atomic E-state index is 12.0. The molecule has 1 heterocycles. The second-order valence-corrected chi connectivity index (χ2v) is 8.17. The van der Waals surface area contributed by atoms with Crippen LogP contribution < -0.4 is 5.32 Å². The van der Waals surface area contributed by atoms with Crippen LogP contribution in [0.1, 0.15) is 32.8 Å². The average molecular weight is 416 g/mol. The molecule has 0 atom stereocenters. The van der Waals surface area contributed by atoms with Gasteiger partial charge in [-0.1, -0.05) is 39.2 Å². The lowest BCUT2D eigenvalue weighted by Crippen LogP contribution is -2.39. The highest BCUT2D eigenvalue weighted by Gasteiger charge is 2.23. The molecule has 1 aliphatic heterocycles. The first-order valence-corrected chi connectivity index (χ1v) is 9.22. The Hall–Kier alpha value is -1.04. The molecule has 0 radical (unpaired) electrons. The van der Waals surface area contributed by atoms with Crippen LogP contribution in [0.4, 0.5) is 4.79 Å². The predicted molar refractivity (Wildman–Crippen MR) is 101 cm³/mol. The summed E-state index contributed by atoms with van der Waals surface area (Å²) in [6.07, 6.45) is 2.73. The van der Waals surface area contributed by atoms with Crippen LogP contribution in [0.15, 0.2) is 34.3 Å². The zero-order valence-corrected chi connectivity index (χ0v) is 16.7. The lowest BCUT2D eigenvalue weighted by molar-refractivity contribution is 0.0265. The summed E-state index contributed by atoms with van der Waals surface area (Å²) >= 11 is 9.56. The van der Waals surface area contributed by atoms with Gasteiger partial charge in [-0.05, 0) is 51.0 Å². The normalized spacial score (nSPS) is 15.2. The summed E-state index contributed by atoms with van der Waals surface area (Å²) < 4.78 is 6.45. The van der Waals surface area contributed by atoms with Gasteiger partial charge in [0, 0.05) is 35.7 Å². The van der Waals surface area contributed by atoms with Crippen molar-refractivity contribution in [2.45, 2.75) is 39.3 Å². The third-order valence-electron chi connectivity index (χ3n) is 3.63. The summed E-state index contributed by atoms with van der Waals surface area (Å²) in [5.74, 6) is 0. The number of nitrogens with one attached hydrogen (secondary N) is 1. The van der Waals surface area contributed by atoms with E-state index in [2.05, 4.69) is 27.3 Å². The Bertz CT molecular complexity index is 626. The van der Waals surface area contributed by atoms with Crippen molar-refractivity contribution in [2.24, 2.45) is 0 Å². The summed E-state index contributed by atoms with van der Waals surface area (Å²) in [6, 6.07) is 5.78. The number of halogens is 2. The number of carbonyl (C=O) groups is 1. The lowest BCUT2D eigenvalue weighted by atomic mass is 10.1. The Kier molecular flexibility index (Phi) is 6.72. The second kappa shape index (κ2) is 8.37. The number of nitrogens with zero attached hydrogens (tertiary/aromatic N) is 1. The van der Waals surface area contributed by atoms with Crippen molar-refractivity contribution in [2.75, 3.05) is 19.6 Å². The SMILES string of the molecule is CC(C)(C)OC(=O)N1CC=C(CNCc2cc(Cl)ccc2Br)CC1. The van der Waals surface area contributed by atoms with E-state index in [0.717, 1.165) is 34.6 Å². The first kappa shape index (κ1) is 19.3. The number of amides is 1. The first-order chi connectivity index (χ1) is 11.2. The monoisotopic (exact) mass is 414 g/mol. The van der Waals surface area contributed by atoms with E-state index in [-0.39, 0.29) is 6.09 Å². The maximum absolute atomic E-state index is 12.0. The van der Waals surface area contributed by atoms with Gasteiger partial charge in [0.2, 0.25) is 0 Å². The molecule has 24 heavy (non-hydrogen) atoms. The van der Waals surface area contributed by atoms with Gasteiger partial charge >= 0.3 is 6.09 Å². The fourth-order valence-corrected chi connectivity index (χ4v) is 2.98. The minimum absolute atomic E-state index is 0.242. The van der Waals surface area contributed by atoms with E-state index >= 15 is 0 Å². The number of carbonyl (C=O) groups excluding carboxylic acids is 1. The molecule has 1 aromatic carbocycles. The van der Waals surface area contributed by atoms with Crippen LogP contribution in [0.3, 0.4) is 0 Å². The molecule has 0 bridgehead atoms. The van der Waals surface area contributed by atoms with Gasteiger partial charge < -0.3 is 15.0 Å². The van der Waals surface area contributed by atoms with Crippen LogP contribution in [-0.2, 0) is 11.3 Å². The number of ether oxygens (including phenoxy) is 1. The summed E-state index contributed by atoms with van der Waals surface area (Å²) in [5.41, 5.74) is 2.00. The van der Waals surface area contributed by atoms with E-state index in [1.807, 2.05) is 39.0 Å². The Balaban J connectivity index is 1.79. The molecule has 132 valence electrons. The van der Waals surface area contributed by atoms with Gasteiger partial charge in [-0.25, -0.2) is 4.79 Å². The van der Waals surface area contributed by atoms with Gasteiger partial charge in [0.25, 0.3) is 0 Å². The van der Waals surface area contributed by atoms with Gasteiger partial charge in [0.15, 0.2) is 0 Å². The molecule has 0 saturated heterocycles. The molecular weight excluding hydrogens is 392 g/mol. The second-order valence-electron chi connectivity index (χ2n) is 6.88. The van der Waals surface area contributed by atoms with Gasteiger partial charge in [0.1, 0.15) is 5.60 Å². The lowest BCUT2D eigenvalue weighted by Gasteiger charge is -2.29. The van der Waals surface area contributed by atoms with Crippen molar-refractivity contribution >= 4 is 33.6 Å².